The van der Waals surface area contributed by atoms with E-state index in [-0.39, 0.29) is 6.04 Å². The topological polar surface area (TPSA) is 52.0 Å². The molecule has 31 heavy (non-hydrogen) atoms. The van der Waals surface area contributed by atoms with E-state index in [1.54, 1.807) is 6.33 Å². The van der Waals surface area contributed by atoms with Gasteiger partial charge in [-0.3, -0.25) is 0 Å². The van der Waals surface area contributed by atoms with Gasteiger partial charge < -0.3 is 10.1 Å². The molecule has 3 aromatic carbocycles. The first-order chi connectivity index (χ1) is 15.2. The molecule has 0 bridgehead atoms. The van der Waals surface area contributed by atoms with Gasteiger partial charge in [0.15, 0.2) is 0 Å². The minimum absolute atomic E-state index is 0.0735. The molecule has 1 aliphatic rings. The summed E-state index contributed by atoms with van der Waals surface area (Å²) in [4.78, 5) is 4.36. The Kier molecular flexibility index (Phi) is 5.18. The number of allylic oxidation sites excluding steroid dienone is 1. The second-order valence-corrected chi connectivity index (χ2v) is 7.97. The van der Waals surface area contributed by atoms with Crippen molar-refractivity contribution in [3.8, 4) is 5.75 Å². The van der Waals surface area contributed by atoms with E-state index in [9.17, 15) is 0 Å². The summed E-state index contributed by atoms with van der Waals surface area (Å²) >= 11 is 6.05. The van der Waals surface area contributed by atoms with Gasteiger partial charge in [0.05, 0.1) is 0 Å². The molecular weight excluding hydrogens is 408 g/mol. The van der Waals surface area contributed by atoms with Crippen LogP contribution in [0.15, 0.2) is 85.2 Å². The summed E-state index contributed by atoms with van der Waals surface area (Å²) in [7, 11) is 0. The monoisotopic (exact) mass is 428 g/mol. The molecule has 0 aliphatic carbocycles. The highest BCUT2D eigenvalue weighted by Gasteiger charge is 2.23. The number of benzene rings is 3. The summed E-state index contributed by atoms with van der Waals surface area (Å²) in [5.74, 6) is 1.54. The van der Waals surface area contributed by atoms with Crippen LogP contribution in [-0.4, -0.2) is 14.8 Å². The Morgan fingerprint density at radius 1 is 0.968 bits per heavy atom. The van der Waals surface area contributed by atoms with Gasteiger partial charge in [-0.05, 0) is 54.0 Å². The summed E-state index contributed by atoms with van der Waals surface area (Å²) in [6, 6.07) is 24.2. The molecule has 0 spiro atoms. The number of rotatable bonds is 5. The number of halogens is 1. The molecule has 0 unspecified atom stereocenters. The van der Waals surface area contributed by atoms with Gasteiger partial charge in [0.1, 0.15) is 24.7 Å². The van der Waals surface area contributed by atoms with E-state index in [2.05, 4.69) is 64.8 Å². The molecule has 2 heterocycles. The second-order valence-electron chi connectivity index (χ2n) is 7.53. The van der Waals surface area contributed by atoms with Gasteiger partial charge in [-0.15, -0.1) is 0 Å². The Balaban J connectivity index is 1.38. The molecule has 6 heteroatoms. The van der Waals surface area contributed by atoms with Crippen LogP contribution in [0.4, 0.5) is 5.95 Å². The maximum absolute atomic E-state index is 6.05. The lowest BCUT2D eigenvalue weighted by Crippen LogP contribution is -2.20. The van der Waals surface area contributed by atoms with Crippen molar-refractivity contribution in [1.82, 2.24) is 14.8 Å². The van der Waals surface area contributed by atoms with E-state index in [1.165, 1.54) is 5.56 Å². The highest BCUT2D eigenvalue weighted by atomic mass is 35.5. The first kappa shape index (κ1) is 19.4. The van der Waals surface area contributed by atoms with Crippen LogP contribution in [0.2, 0.25) is 5.02 Å². The van der Waals surface area contributed by atoms with Crippen molar-refractivity contribution in [3.05, 3.63) is 112 Å². The van der Waals surface area contributed by atoms with E-state index < -0.39 is 0 Å². The van der Waals surface area contributed by atoms with Crippen molar-refractivity contribution < 1.29 is 4.74 Å². The third-order valence-electron chi connectivity index (χ3n) is 5.31. The Labute approximate surface area is 186 Å². The maximum Gasteiger partial charge on any atom is 0.226 e. The number of anilines is 1. The zero-order valence-electron chi connectivity index (χ0n) is 17.0. The number of fused-ring (bicyclic) bond motifs is 1. The van der Waals surface area contributed by atoms with Crippen molar-refractivity contribution >= 4 is 23.2 Å². The Morgan fingerprint density at radius 3 is 2.45 bits per heavy atom. The van der Waals surface area contributed by atoms with E-state index in [1.807, 2.05) is 41.1 Å². The number of aromatic nitrogens is 3. The summed E-state index contributed by atoms with van der Waals surface area (Å²) in [6.07, 6.45) is 3.71. The number of ether oxygens (including phenoxy) is 1. The van der Waals surface area contributed by atoms with E-state index in [0.717, 1.165) is 28.1 Å². The summed E-state index contributed by atoms with van der Waals surface area (Å²) in [5.41, 5.74) is 5.51. The number of nitrogens with zero attached hydrogens (tertiary/aromatic N) is 3. The Hall–Kier alpha value is -3.57. The van der Waals surface area contributed by atoms with Crippen molar-refractivity contribution in [2.45, 2.75) is 19.6 Å². The van der Waals surface area contributed by atoms with Crippen molar-refractivity contribution in [3.63, 3.8) is 0 Å². The average molecular weight is 429 g/mol. The van der Waals surface area contributed by atoms with Crippen LogP contribution in [0.3, 0.4) is 0 Å². The van der Waals surface area contributed by atoms with Crippen LogP contribution in [-0.2, 0) is 6.61 Å². The Morgan fingerprint density at radius 2 is 1.71 bits per heavy atom. The third kappa shape index (κ3) is 4.18. The standard InChI is InChI=1S/C25H21ClN4O/c1-17-2-4-18(5-3-17)15-31-22-12-8-20(9-13-22)24-14-23(19-6-10-21(26)11-7-19)29-25-27-16-28-30(24)25/h2-14,16,24H,15H2,1H3,(H,27,28,29)/t24-/m1/s1. The van der Waals surface area contributed by atoms with Crippen LogP contribution in [0.5, 0.6) is 5.75 Å². The molecule has 0 saturated carbocycles. The van der Waals surface area contributed by atoms with Gasteiger partial charge in [-0.2, -0.15) is 10.1 Å². The van der Waals surface area contributed by atoms with Gasteiger partial charge in [0, 0.05) is 10.7 Å². The summed E-state index contributed by atoms with van der Waals surface area (Å²) < 4.78 is 7.83. The first-order valence-corrected chi connectivity index (χ1v) is 10.5. The summed E-state index contributed by atoms with van der Waals surface area (Å²) in [5, 5.41) is 8.47. The average Bonchev–Trinajstić information content (AvgIpc) is 3.28. The number of hydrogen-bond acceptors (Lipinski definition) is 4. The highest BCUT2D eigenvalue weighted by Crippen LogP contribution is 2.33. The number of aryl methyl sites for hydroxylation is 1. The second kappa shape index (κ2) is 8.28. The largest absolute Gasteiger partial charge is 0.489 e. The summed E-state index contributed by atoms with van der Waals surface area (Å²) in [6.45, 7) is 2.62. The van der Waals surface area contributed by atoms with E-state index in [4.69, 9.17) is 16.3 Å². The molecule has 154 valence electrons. The fraction of sp³-hybridized carbons (Fsp3) is 0.120. The molecule has 4 aromatic rings. The molecule has 1 aliphatic heterocycles. The van der Waals surface area contributed by atoms with Gasteiger partial charge in [-0.25, -0.2) is 4.68 Å². The fourth-order valence-corrected chi connectivity index (χ4v) is 3.71. The third-order valence-corrected chi connectivity index (χ3v) is 5.56. The Bertz CT molecular complexity index is 1210. The van der Waals surface area contributed by atoms with Crippen LogP contribution >= 0.6 is 11.6 Å². The minimum Gasteiger partial charge on any atom is -0.489 e. The predicted octanol–water partition coefficient (Wildman–Crippen LogP) is 5.87. The van der Waals surface area contributed by atoms with Gasteiger partial charge in [0.2, 0.25) is 5.95 Å². The SMILES string of the molecule is Cc1ccc(COc2ccc([C@H]3C=C(c4ccc(Cl)cc4)Nc4ncnn43)cc2)cc1. The molecular formula is C25H21ClN4O. The molecule has 0 fully saturated rings. The molecule has 1 N–H and O–H groups in total. The molecule has 1 aromatic heterocycles. The number of hydrogen-bond donors (Lipinski definition) is 1. The molecule has 5 nitrogen and oxygen atoms in total. The van der Waals surface area contributed by atoms with Gasteiger partial charge >= 0.3 is 0 Å². The zero-order valence-corrected chi connectivity index (χ0v) is 17.8. The molecule has 0 saturated heterocycles. The molecule has 0 amide bonds. The van der Waals surface area contributed by atoms with Crippen LogP contribution in [0, 0.1) is 6.92 Å². The van der Waals surface area contributed by atoms with E-state index >= 15 is 0 Å². The van der Waals surface area contributed by atoms with Crippen LogP contribution < -0.4 is 10.1 Å². The molecule has 1 atom stereocenters. The predicted molar refractivity (Wildman–Crippen MR) is 123 cm³/mol. The highest BCUT2D eigenvalue weighted by molar-refractivity contribution is 6.30. The number of nitrogens with one attached hydrogen (secondary N) is 1. The van der Waals surface area contributed by atoms with Crippen LogP contribution in [0.1, 0.15) is 28.3 Å². The molecule has 5 rings (SSSR count). The fourth-order valence-electron chi connectivity index (χ4n) is 3.58. The van der Waals surface area contributed by atoms with Crippen molar-refractivity contribution in [1.29, 1.82) is 0 Å². The normalized spacial score (nSPS) is 15.0. The molecule has 0 radical (unpaired) electrons. The first-order valence-electron chi connectivity index (χ1n) is 10.1. The lowest BCUT2D eigenvalue weighted by atomic mass is 10.0. The lowest BCUT2D eigenvalue weighted by molar-refractivity contribution is 0.306. The zero-order chi connectivity index (χ0) is 21.2. The maximum atomic E-state index is 6.05. The minimum atomic E-state index is -0.0735. The van der Waals surface area contributed by atoms with Crippen LogP contribution in [0.25, 0.3) is 5.70 Å². The lowest BCUT2D eigenvalue weighted by Gasteiger charge is -2.24. The quantitative estimate of drug-likeness (QED) is 0.431. The van der Waals surface area contributed by atoms with Gasteiger partial charge in [-0.1, -0.05) is 65.7 Å². The van der Waals surface area contributed by atoms with Gasteiger partial charge in [0.25, 0.3) is 0 Å². The van der Waals surface area contributed by atoms with E-state index in [0.29, 0.717) is 17.6 Å². The van der Waals surface area contributed by atoms with Crippen molar-refractivity contribution in [2.24, 2.45) is 0 Å². The van der Waals surface area contributed by atoms with Crippen molar-refractivity contribution in [2.75, 3.05) is 5.32 Å². The smallest absolute Gasteiger partial charge is 0.226 e.